The van der Waals surface area contributed by atoms with E-state index in [2.05, 4.69) is 0 Å². The Morgan fingerprint density at radius 1 is 0.611 bits per heavy atom. The molecule has 2 fully saturated rings. The summed E-state index contributed by atoms with van der Waals surface area (Å²) in [5, 5.41) is 18.6. The summed E-state index contributed by atoms with van der Waals surface area (Å²) < 4.78 is 0. The molecule has 36 heavy (non-hydrogen) atoms. The van der Waals surface area contributed by atoms with E-state index in [0.29, 0.717) is 26.2 Å². The van der Waals surface area contributed by atoms with E-state index in [9.17, 15) is 29.4 Å². The van der Waals surface area contributed by atoms with Gasteiger partial charge >= 0.3 is 11.9 Å². The molecule has 0 bridgehead atoms. The zero-order chi connectivity index (χ0) is 25.8. The van der Waals surface area contributed by atoms with Gasteiger partial charge in [-0.15, -0.1) is 0 Å². The summed E-state index contributed by atoms with van der Waals surface area (Å²) in [5.41, 5.74) is 4.92. The van der Waals surface area contributed by atoms with Crippen LogP contribution in [-0.4, -0.2) is 43.8 Å². The first-order chi connectivity index (χ1) is 17.1. The monoisotopic (exact) mass is 490 g/mol. The first kappa shape index (κ1) is 24.0. The van der Waals surface area contributed by atoms with Crippen molar-refractivity contribution in [1.29, 1.82) is 0 Å². The second-order valence-corrected chi connectivity index (χ2v) is 10.5. The van der Waals surface area contributed by atoms with Crippen LogP contribution in [-0.2, 0) is 56.2 Å². The number of aliphatic carboxylic acids is 2. The molecule has 188 valence electrons. The lowest BCUT2D eigenvalue weighted by atomic mass is 9.93. The molecule has 2 aliphatic carbocycles. The van der Waals surface area contributed by atoms with Crippen molar-refractivity contribution in [3.8, 4) is 0 Å². The van der Waals surface area contributed by atoms with Gasteiger partial charge in [-0.25, -0.2) is 0 Å². The molecule has 8 heteroatoms. The maximum atomic E-state index is 11.3. The van der Waals surface area contributed by atoms with Crippen molar-refractivity contribution in [3.05, 3.63) is 69.8 Å². The van der Waals surface area contributed by atoms with Crippen LogP contribution in [0.5, 0.6) is 0 Å². The number of rotatable bonds is 4. The van der Waals surface area contributed by atoms with Gasteiger partial charge in [0, 0.05) is 40.0 Å². The van der Waals surface area contributed by atoms with Gasteiger partial charge < -0.3 is 20.0 Å². The Morgan fingerprint density at radius 3 is 1.22 bits per heavy atom. The van der Waals surface area contributed by atoms with Crippen molar-refractivity contribution in [1.82, 2.24) is 9.80 Å². The number of hydrogen-bond acceptors (Lipinski definition) is 4. The van der Waals surface area contributed by atoms with E-state index in [-0.39, 0.29) is 11.8 Å². The number of carbonyl (C=O) groups excluding carboxylic acids is 2. The van der Waals surface area contributed by atoms with Crippen molar-refractivity contribution in [3.63, 3.8) is 0 Å². The van der Waals surface area contributed by atoms with Crippen molar-refractivity contribution < 1.29 is 29.4 Å². The zero-order valence-electron chi connectivity index (χ0n) is 20.5. The van der Waals surface area contributed by atoms with Crippen LogP contribution in [0, 0.1) is 0 Å². The van der Waals surface area contributed by atoms with Crippen LogP contribution >= 0.6 is 0 Å². The Bertz CT molecular complexity index is 1190. The molecule has 2 aliphatic heterocycles. The number of carboxylic acids is 2. The molecule has 2 aromatic carbocycles. The molecule has 2 N–H and O–H groups in total. The fourth-order valence-corrected chi connectivity index (χ4v) is 5.33. The Morgan fingerprint density at radius 2 is 0.944 bits per heavy atom. The van der Waals surface area contributed by atoms with Gasteiger partial charge in [0.15, 0.2) is 0 Å². The minimum atomic E-state index is -0.733. The normalized spacial score (nSPS) is 19.5. The summed E-state index contributed by atoms with van der Waals surface area (Å²) in [5.74, 6) is -1.34. The van der Waals surface area contributed by atoms with Crippen LogP contribution in [0.3, 0.4) is 0 Å². The number of carbonyl (C=O) groups is 4. The van der Waals surface area contributed by atoms with Gasteiger partial charge in [0.1, 0.15) is 0 Å². The highest BCUT2D eigenvalue weighted by molar-refractivity contribution is 5.85. The van der Waals surface area contributed by atoms with Crippen molar-refractivity contribution in [2.75, 3.05) is 0 Å². The van der Waals surface area contributed by atoms with Gasteiger partial charge in [0.2, 0.25) is 11.8 Å². The lowest BCUT2D eigenvalue weighted by molar-refractivity contribution is -0.141. The molecule has 0 atom stereocenters. The van der Waals surface area contributed by atoms with Crippen LogP contribution in [0.25, 0.3) is 0 Å². The fourth-order valence-electron chi connectivity index (χ4n) is 5.33. The fraction of sp³-hybridized carbons (Fsp3) is 0.429. The first-order valence-corrected chi connectivity index (χ1v) is 12.3. The molecular weight excluding hydrogens is 460 g/mol. The molecule has 0 aromatic heterocycles. The molecule has 0 spiro atoms. The SMILES string of the molecule is CC(=O)N1Cc2ccc(C3(C(=O)O)CC3)cc2C1.CC(=O)N1Cc2ccc(C3(C(=O)O)CC3)cc2C1. The molecule has 0 saturated heterocycles. The van der Waals surface area contributed by atoms with E-state index in [1.165, 1.54) is 0 Å². The quantitative estimate of drug-likeness (QED) is 0.679. The van der Waals surface area contributed by atoms with Gasteiger partial charge in [0.25, 0.3) is 0 Å². The minimum Gasteiger partial charge on any atom is -0.481 e. The number of nitrogens with zero attached hydrogens (tertiary/aromatic N) is 2. The summed E-state index contributed by atoms with van der Waals surface area (Å²) in [6, 6.07) is 11.7. The third-order valence-corrected chi connectivity index (χ3v) is 8.17. The third kappa shape index (κ3) is 4.04. The predicted molar refractivity (Wildman–Crippen MR) is 130 cm³/mol. The highest BCUT2D eigenvalue weighted by Crippen LogP contribution is 2.50. The zero-order valence-corrected chi connectivity index (χ0v) is 20.5. The summed E-state index contributed by atoms with van der Waals surface area (Å²) in [6.45, 7) is 5.62. The Kier molecular flexibility index (Phi) is 5.65. The van der Waals surface area contributed by atoms with Crippen LogP contribution in [0.4, 0.5) is 0 Å². The molecule has 2 aromatic rings. The van der Waals surface area contributed by atoms with Gasteiger partial charge in [-0.05, 0) is 59.1 Å². The highest BCUT2D eigenvalue weighted by Gasteiger charge is 2.52. The number of hydrogen-bond donors (Lipinski definition) is 2. The van der Waals surface area contributed by atoms with E-state index < -0.39 is 22.8 Å². The molecule has 2 heterocycles. The van der Waals surface area contributed by atoms with Crippen molar-refractivity contribution >= 4 is 23.8 Å². The molecule has 8 nitrogen and oxygen atoms in total. The number of amides is 2. The average Bonchev–Trinajstić information content (AvgIpc) is 3.74. The minimum absolute atomic E-state index is 0.0621. The summed E-state index contributed by atoms with van der Waals surface area (Å²) in [4.78, 5) is 48.8. The molecular formula is C28H30N2O6. The second kappa shape index (κ2) is 8.47. The van der Waals surface area contributed by atoms with Gasteiger partial charge in [-0.2, -0.15) is 0 Å². The smallest absolute Gasteiger partial charge is 0.314 e. The van der Waals surface area contributed by atoms with Crippen LogP contribution in [0.1, 0.15) is 72.9 Å². The molecule has 6 rings (SSSR count). The molecule has 4 aliphatic rings. The first-order valence-electron chi connectivity index (χ1n) is 12.3. The van der Waals surface area contributed by atoms with Gasteiger partial charge in [-0.1, -0.05) is 36.4 Å². The summed E-state index contributed by atoms with van der Waals surface area (Å²) in [7, 11) is 0. The predicted octanol–water partition coefficient (Wildman–Crippen LogP) is 3.33. The van der Waals surface area contributed by atoms with E-state index in [0.717, 1.165) is 59.1 Å². The topological polar surface area (TPSA) is 115 Å². The number of carboxylic acid groups (broad SMARTS) is 2. The summed E-state index contributed by atoms with van der Waals surface area (Å²) in [6.07, 6.45) is 2.88. The number of benzene rings is 2. The van der Waals surface area contributed by atoms with Crippen LogP contribution in [0.2, 0.25) is 0 Å². The molecule has 0 unspecified atom stereocenters. The second-order valence-electron chi connectivity index (χ2n) is 10.5. The Balaban J connectivity index is 0.000000148. The summed E-state index contributed by atoms with van der Waals surface area (Å²) >= 11 is 0. The maximum Gasteiger partial charge on any atom is 0.314 e. The lowest BCUT2D eigenvalue weighted by Gasteiger charge is -2.12. The van der Waals surface area contributed by atoms with Crippen molar-refractivity contribution in [2.24, 2.45) is 0 Å². The highest BCUT2D eigenvalue weighted by atomic mass is 16.4. The van der Waals surface area contributed by atoms with Crippen LogP contribution < -0.4 is 0 Å². The maximum absolute atomic E-state index is 11.3. The van der Waals surface area contributed by atoms with E-state index in [1.807, 2.05) is 36.4 Å². The van der Waals surface area contributed by atoms with E-state index >= 15 is 0 Å². The van der Waals surface area contributed by atoms with Crippen LogP contribution in [0.15, 0.2) is 36.4 Å². The largest absolute Gasteiger partial charge is 0.481 e. The molecule has 2 amide bonds. The van der Waals surface area contributed by atoms with E-state index in [4.69, 9.17) is 0 Å². The Hall–Kier alpha value is -3.68. The molecule has 0 radical (unpaired) electrons. The number of fused-ring (bicyclic) bond motifs is 2. The van der Waals surface area contributed by atoms with Gasteiger partial charge in [0.05, 0.1) is 10.8 Å². The van der Waals surface area contributed by atoms with Gasteiger partial charge in [-0.3, -0.25) is 19.2 Å². The average molecular weight is 491 g/mol. The standard InChI is InChI=1S/2C14H15NO3/c2*1-9(16)15-7-10-2-3-12(6-11(10)8-15)14(4-5-14)13(17)18/h2*2-3,6H,4-5,7-8H2,1H3,(H,17,18). The Labute approximate surface area is 209 Å². The third-order valence-electron chi connectivity index (χ3n) is 8.17. The lowest BCUT2D eigenvalue weighted by Crippen LogP contribution is -2.21. The molecule has 2 saturated carbocycles. The van der Waals surface area contributed by atoms with E-state index in [1.54, 1.807) is 23.6 Å². The van der Waals surface area contributed by atoms with Crippen molar-refractivity contribution in [2.45, 2.75) is 76.5 Å².